The molecule has 75 heavy (non-hydrogen) atoms. The van der Waals surface area contributed by atoms with Crippen LogP contribution < -0.4 is 20.7 Å². The predicted octanol–water partition coefficient (Wildman–Crippen LogP) is 5.77. The number of anilines is 2. The van der Waals surface area contributed by atoms with E-state index < -0.39 is 41.7 Å². The number of hydrogen-bond donors (Lipinski definition) is 5. The Morgan fingerprint density at radius 2 is 1.89 bits per heavy atom. The summed E-state index contributed by atoms with van der Waals surface area (Å²) < 4.78 is 17.7. The van der Waals surface area contributed by atoms with Crippen molar-refractivity contribution in [3.8, 4) is 33.9 Å². The third-order valence-corrected chi connectivity index (χ3v) is 16.0. The van der Waals surface area contributed by atoms with Gasteiger partial charge in [0.1, 0.15) is 29.7 Å². The van der Waals surface area contributed by atoms with Crippen molar-refractivity contribution in [2.75, 3.05) is 50.0 Å². The van der Waals surface area contributed by atoms with Crippen molar-refractivity contribution in [3.05, 3.63) is 82.8 Å². The monoisotopic (exact) mass is 1040 g/mol. The number of aliphatic hydroxyl groups is 2. The summed E-state index contributed by atoms with van der Waals surface area (Å²) in [4.78, 5) is 53.3. The molecule has 3 aliphatic rings. The first-order valence-corrected chi connectivity index (χ1v) is 26.9. The van der Waals surface area contributed by atoms with Crippen molar-refractivity contribution >= 4 is 35.1 Å². The molecule has 0 spiro atoms. The van der Waals surface area contributed by atoms with Crippen molar-refractivity contribution in [1.29, 1.82) is 5.26 Å². The number of nitrogen functional groups attached to an aromatic ring is 1. The molecule has 1 aromatic carbocycles. The molecule has 0 bridgehead atoms. The summed E-state index contributed by atoms with van der Waals surface area (Å²) in [6.07, 6.45) is 8.41. The van der Waals surface area contributed by atoms with Gasteiger partial charge >= 0.3 is 0 Å². The number of aryl methyl sites for hydroxylation is 2. The first kappa shape index (κ1) is 53.0. The highest BCUT2D eigenvalue weighted by Gasteiger charge is 2.45. The molecule has 2 aliphatic heterocycles. The quantitative estimate of drug-likeness (QED) is 0.0639. The zero-order chi connectivity index (χ0) is 53.1. The minimum atomic E-state index is -0.964. The Bertz CT molecular complexity index is 2980. The number of nitrogens with one attached hydrogen (secondary N) is 2. The number of hydrogen-bond acceptors (Lipinski definition) is 18. The van der Waals surface area contributed by atoms with E-state index in [0.717, 1.165) is 97.5 Å². The van der Waals surface area contributed by atoms with Gasteiger partial charge in [-0.25, -0.2) is 19.0 Å². The fraction of sp³-hybridized carbons (Fsp3) is 0.547. The van der Waals surface area contributed by atoms with Crippen LogP contribution in [0.1, 0.15) is 126 Å². The second kappa shape index (κ2) is 22.6. The van der Waals surface area contributed by atoms with Crippen LogP contribution in [0.25, 0.3) is 22.0 Å². The standard InChI is InChI=1S/C53H69N15O6S/c1-30(2)44(50(72)67-28-36(69)24-40(67)49(71)60-43(45(70)31(3)4)34-13-15-35(16-14-34)46-32(5)26-57-75-46)68-29-41(62-64-68)73-23-9-8-20-65-21-11-22-66(33(6)27-65)52-56-19-17-39(59-52)48-61-51(74-63-48)53(7)18-10-12-38-42(53)37(25-54)47(55)58-38/h13-17,19,26,29-31,33,36,40,43-45,58,69-70H,8-12,18,20-24,27-28,55H2,1-7H3,(H,60,71)/t33-,36+,40-,43+,44-,45+,53-/m0/s1. The summed E-state index contributed by atoms with van der Waals surface area (Å²) in [5, 5.41) is 48.1. The number of nitrogens with two attached hydrogens (primary N) is 1. The van der Waals surface area contributed by atoms with Gasteiger partial charge in [0.05, 0.1) is 46.9 Å². The molecule has 22 heteroatoms. The number of ether oxygens (including phenoxy) is 1. The molecule has 0 saturated carbocycles. The third kappa shape index (κ3) is 11.1. The van der Waals surface area contributed by atoms with Crippen molar-refractivity contribution in [2.24, 2.45) is 11.8 Å². The number of carbonyl (C=O) groups is 2. The Balaban J connectivity index is 0.767. The summed E-state index contributed by atoms with van der Waals surface area (Å²) in [5.41, 5.74) is 11.0. The molecular weight excluding hydrogens is 975 g/mol. The molecule has 9 rings (SSSR count). The molecule has 7 heterocycles. The highest BCUT2D eigenvalue weighted by molar-refractivity contribution is 7.09. The van der Waals surface area contributed by atoms with Crippen LogP contribution in [-0.2, 0) is 21.4 Å². The summed E-state index contributed by atoms with van der Waals surface area (Å²) >= 11 is 1.41. The van der Waals surface area contributed by atoms with E-state index in [4.69, 9.17) is 25.0 Å². The lowest BCUT2D eigenvalue weighted by molar-refractivity contribution is -0.143. The maximum absolute atomic E-state index is 14.4. The summed E-state index contributed by atoms with van der Waals surface area (Å²) in [5.74, 6) is 0.795. The first-order chi connectivity index (χ1) is 36.0. The van der Waals surface area contributed by atoms with Gasteiger partial charge in [0.25, 0.3) is 5.88 Å². The fourth-order valence-electron chi connectivity index (χ4n) is 11.0. The Kier molecular flexibility index (Phi) is 16.0. The zero-order valence-corrected chi connectivity index (χ0v) is 44.6. The Morgan fingerprint density at radius 1 is 1.09 bits per heavy atom. The molecular formula is C53H69N15O6S. The average Bonchev–Trinajstić information content (AvgIpc) is 4.26. The minimum Gasteiger partial charge on any atom is -0.475 e. The number of nitriles is 1. The van der Waals surface area contributed by atoms with Crippen LogP contribution in [0.3, 0.4) is 0 Å². The van der Waals surface area contributed by atoms with Crippen molar-refractivity contribution in [2.45, 2.75) is 135 Å². The highest BCUT2D eigenvalue weighted by Crippen LogP contribution is 2.45. The number of rotatable bonds is 18. The molecule has 0 unspecified atom stereocenters. The van der Waals surface area contributed by atoms with Gasteiger partial charge < -0.3 is 50.2 Å². The maximum Gasteiger partial charge on any atom is 0.253 e. The number of aromatic amines is 1. The van der Waals surface area contributed by atoms with Gasteiger partial charge in [-0.3, -0.25) is 9.59 Å². The molecule has 398 valence electrons. The molecule has 2 amide bonds. The largest absolute Gasteiger partial charge is 0.475 e. The van der Waals surface area contributed by atoms with Crippen LogP contribution >= 0.6 is 11.5 Å². The van der Waals surface area contributed by atoms with Gasteiger partial charge in [-0.2, -0.15) is 10.2 Å². The molecule has 21 nitrogen and oxygen atoms in total. The molecule has 2 fully saturated rings. The Hall–Kier alpha value is -6.80. The van der Waals surface area contributed by atoms with Gasteiger partial charge in [0.15, 0.2) is 0 Å². The number of aromatic nitrogens is 9. The smallest absolute Gasteiger partial charge is 0.253 e. The SMILES string of the molecule is Cc1cnsc1-c1ccc([C@@H](NC(=O)[C@@H]2C[C@@H](O)CN2C(=O)[C@H](C(C)C)n2cc(OCCCCN3CCCN(c4nccc(-c5noc([C@@]6(C)CCCc7[nH]c(N)c(C#N)c76)n5)n4)[C@@H](C)C3)nn2)[C@H](O)C(C)C)cc1. The molecule has 6 N–H and O–H groups in total. The Labute approximate surface area is 441 Å². The van der Waals surface area contributed by atoms with E-state index in [9.17, 15) is 25.1 Å². The fourth-order valence-corrected chi connectivity index (χ4v) is 11.8. The van der Waals surface area contributed by atoms with E-state index in [0.29, 0.717) is 47.2 Å². The predicted molar refractivity (Wildman–Crippen MR) is 281 cm³/mol. The van der Waals surface area contributed by atoms with Gasteiger partial charge in [-0.15, -0.1) is 0 Å². The van der Waals surface area contributed by atoms with E-state index in [1.807, 2.05) is 72.0 Å². The van der Waals surface area contributed by atoms with E-state index in [1.165, 1.54) is 21.1 Å². The van der Waals surface area contributed by atoms with Gasteiger partial charge in [0, 0.05) is 55.7 Å². The van der Waals surface area contributed by atoms with E-state index in [1.54, 1.807) is 18.5 Å². The lowest BCUT2D eigenvalue weighted by atomic mass is 9.72. The second-order valence-electron chi connectivity index (χ2n) is 21.3. The molecule has 1 aliphatic carbocycles. The van der Waals surface area contributed by atoms with Crippen LogP contribution in [-0.4, -0.2) is 140 Å². The van der Waals surface area contributed by atoms with Gasteiger partial charge in [-0.05, 0) is 119 Å². The van der Waals surface area contributed by atoms with E-state index >= 15 is 0 Å². The van der Waals surface area contributed by atoms with Gasteiger partial charge in [0.2, 0.25) is 29.5 Å². The normalized spacial score (nSPS) is 21.4. The topological polar surface area (TPSA) is 279 Å². The van der Waals surface area contributed by atoms with Crippen molar-refractivity contribution in [3.63, 3.8) is 0 Å². The molecule has 0 radical (unpaired) electrons. The van der Waals surface area contributed by atoms with E-state index in [-0.39, 0.29) is 36.8 Å². The van der Waals surface area contributed by atoms with E-state index in [2.05, 4.69) is 57.9 Å². The Morgan fingerprint density at radius 3 is 2.63 bits per heavy atom. The molecule has 2 saturated heterocycles. The second-order valence-corrected chi connectivity index (χ2v) is 22.1. The average molecular weight is 1040 g/mol. The number of fused-ring (bicyclic) bond motifs is 1. The van der Waals surface area contributed by atoms with Crippen LogP contribution in [0.2, 0.25) is 0 Å². The molecule has 7 atom stereocenters. The number of aliphatic hydroxyl groups excluding tert-OH is 2. The highest BCUT2D eigenvalue weighted by atomic mass is 32.1. The summed E-state index contributed by atoms with van der Waals surface area (Å²) in [6, 6.07) is 9.36. The van der Waals surface area contributed by atoms with Crippen LogP contribution in [0.4, 0.5) is 11.8 Å². The number of likely N-dealkylation sites (tertiary alicyclic amines) is 1. The number of H-pyrrole nitrogens is 1. The molecule has 6 aromatic rings. The zero-order valence-electron chi connectivity index (χ0n) is 43.8. The third-order valence-electron chi connectivity index (χ3n) is 15.1. The summed E-state index contributed by atoms with van der Waals surface area (Å²) in [7, 11) is 0. The lowest BCUT2D eigenvalue weighted by Crippen LogP contribution is -2.51. The number of carbonyl (C=O) groups excluding carboxylic acids is 2. The lowest BCUT2D eigenvalue weighted by Gasteiger charge is -2.32. The molecule has 5 aromatic heterocycles. The van der Waals surface area contributed by atoms with Crippen molar-refractivity contribution < 1.29 is 29.1 Å². The van der Waals surface area contributed by atoms with Gasteiger partial charge in [-0.1, -0.05) is 67.4 Å². The number of benzene rings is 1. The van der Waals surface area contributed by atoms with Crippen LogP contribution in [0.15, 0.2) is 53.4 Å². The summed E-state index contributed by atoms with van der Waals surface area (Å²) in [6.45, 7) is 17.6. The number of β-amino-alcohol motifs (C(OH)–C–C–N with tert-alkyl or cyclic N) is 1. The maximum atomic E-state index is 14.4. The number of nitrogens with zero attached hydrogens (tertiary/aromatic N) is 12. The van der Waals surface area contributed by atoms with Crippen LogP contribution in [0.5, 0.6) is 5.88 Å². The number of unbranched alkanes of at least 4 members (excludes halogenated alkanes) is 1. The number of amides is 2. The van der Waals surface area contributed by atoms with Crippen molar-refractivity contribution in [1.82, 2.24) is 59.6 Å². The van der Waals surface area contributed by atoms with Crippen LogP contribution in [0, 0.1) is 30.1 Å². The first-order valence-electron chi connectivity index (χ1n) is 26.1. The minimum absolute atomic E-state index is 0.0185.